The van der Waals surface area contributed by atoms with Crippen LogP contribution in [0.4, 0.5) is 0 Å². The minimum absolute atomic E-state index is 0.100. The number of carbonyl (C=O) groups is 1. The molecule has 0 saturated heterocycles. The summed E-state index contributed by atoms with van der Waals surface area (Å²) in [5, 5.41) is 9.02. The van der Waals surface area contributed by atoms with Crippen molar-refractivity contribution >= 4 is 12.0 Å². The van der Waals surface area contributed by atoms with Crippen molar-refractivity contribution in [2.24, 2.45) is 17.3 Å². The van der Waals surface area contributed by atoms with Gasteiger partial charge in [-0.05, 0) is 16.9 Å². The van der Waals surface area contributed by atoms with Gasteiger partial charge in [-0.2, -0.15) is 0 Å². The summed E-state index contributed by atoms with van der Waals surface area (Å²) in [6, 6.07) is 9.96. The summed E-state index contributed by atoms with van der Waals surface area (Å²) in [5.74, 6) is -0.759. The van der Waals surface area contributed by atoms with E-state index < -0.39 is 5.97 Å². The maximum Gasteiger partial charge on any atom is 0.307 e. The Morgan fingerprint density at radius 3 is 2.44 bits per heavy atom. The summed E-state index contributed by atoms with van der Waals surface area (Å²) in [6.45, 7) is 4.01. The van der Waals surface area contributed by atoms with Gasteiger partial charge in [0, 0.05) is 0 Å². The Labute approximate surface area is 95.6 Å². The van der Waals surface area contributed by atoms with Crippen molar-refractivity contribution in [1.29, 1.82) is 0 Å². The molecule has 1 fully saturated rings. The van der Waals surface area contributed by atoms with Gasteiger partial charge in [0.15, 0.2) is 0 Å². The van der Waals surface area contributed by atoms with Gasteiger partial charge in [-0.1, -0.05) is 56.3 Å². The molecule has 1 aliphatic rings. The molecule has 1 aliphatic carbocycles. The molecule has 16 heavy (non-hydrogen) atoms. The van der Waals surface area contributed by atoms with E-state index in [0.29, 0.717) is 0 Å². The number of rotatable bonds is 3. The molecule has 84 valence electrons. The number of carboxylic acid groups (broad SMARTS) is 1. The second kappa shape index (κ2) is 3.78. The maximum atomic E-state index is 11.0. The summed E-state index contributed by atoms with van der Waals surface area (Å²) in [7, 11) is 0. The van der Waals surface area contributed by atoms with E-state index in [1.54, 1.807) is 0 Å². The lowest BCUT2D eigenvalue weighted by Crippen LogP contribution is -2.02. The molecule has 0 aliphatic heterocycles. The molecule has 1 N–H and O–H groups in total. The van der Waals surface area contributed by atoms with Gasteiger partial charge in [-0.25, -0.2) is 0 Å². The number of carboxylic acids is 1. The van der Waals surface area contributed by atoms with Gasteiger partial charge in [0.2, 0.25) is 0 Å². The average Bonchev–Trinajstić information content (AvgIpc) is 2.79. The van der Waals surface area contributed by atoms with Gasteiger partial charge in [0.1, 0.15) is 0 Å². The Hall–Kier alpha value is -1.57. The zero-order chi connectivity index (χ0) is 11.8. The maximum absolute atomic E-state index is 11.0. The smallest absolute Gasteiger partial charge is 0.307 e. The SMILES string of the molecule is CC1(C)[C@@H](C=Cc2ccccc2)[C@@H]1C(=O)O. The van der Waals surface area contributed by atoms with Crippen LogP contribution in [-0.2, 0) is 4.79 Å². The predicted molar refractivity (Wildman–Crippen MR) is 63.9 cm³/mol. The zero-order valence-electron chi connectivity index (χ0n) is 9.55. The van der Waals surface area contributed by atoms with E-state index >= 15 is 0 Å². The lowest BCUT2D eigenvalue weighted by atomic mass is 10.1. The molecule has 0 aromatic heterocycles. The topological polar surface area (TPSA) is 37.3 Å². The van der Waals surface area contributed by atoms with E-state index in [-0.39, 0.29) is 17.3 Å². The lowest BCUT2D eigenvalue weighted by molar-refractivity contribution is -0.139. The second-order valence-electron chi connectivity index (χ2n) is 4.93. The first-order chi connectivity index (χ1) is 7.53. The van der Waals surface area contributed by atoms with Crippen LogP contribution in [0.25, 0.3) is 6.08 Å². The van der Waals surface area contributed by atoms with E-state index in [4.69, 9.17) is 5.11 Å². The molecule has 0 unspecified atom stereocenters. The van der Waals surface area contributed by atoms with Crippen LogP contribution in [0.15, 0.2) is 36.4 Å². The summed E-state index contributed by atoms with van der Waals surface area (Å²) >= 11 is 0. The summed E-state index contributed by atoms with van der Waals surface area (Å²) in [5.41, 5.74) is 1.02. The van der Waals surface area contributed by atoms with Gasteiger partial charge < -0.3 is 5.11 Å². The fraction of sp³-hybridized carbons (Fsp3) is 0.357. The van der Waals surface area contributed by atoms with Crippen LogP contribution in [0.2, 0.25) is 0 Å². The highest BCUT2D eigenvalue weighted by atomic mass is 16.4. The molecular formula is C14H16O2. The molecule has 2 rings (SSSR count). The molecular weight excluding hydrogens is 200 g/mol. The van der Waals surface area contributed by atoms with Crippen LogP contribution in [0.1, 0.15) is 19.4 Å². The van der Waals surface area contributed by atoms with Crippen LogP contribution in [0.3, 0.4) is 0 Å². The summed E-state index contributed by atoms with van der Waals surface area (Å²) in [4.78, 5) is 11.0. The molecule has 0 bridgehead atoms. The van der Waals surface area contributed by atoms with Crippen molar-refractivity contribution in [3.63, 3.8) is 0 Å². The molecule has 2 atom stereocenters. The lowest BCUT2D eigenvalue weighted by Gasteiger charge is -1.96. The highest BCUT2D eigenvalue weighted by Crippen LogP contribution is 2.59. The third-order valence-electron chi connectivity index (χ3n) is 3.47. The normalized spacial score (nSPS) is 26.9. The largest absolute Gasteiger partial charge is 0.481 e. The van der Waals surface area contributed by atoms with E-state index in [9.17, 15) is 4.79 Å². The van der Waals surface area contributed by atoms with Gasteiger partial charge in [-0.3, -0.25) is 4.79 Å². The molecule has 1 aromatic rings. The van der Waals surface area contributed by atoms with E-state index in [2.05, 4.69) is 0 Å². The Balaban J connectivity index is 2.08. The van der Waals surface area contributed by atoms with Crippen molar-refractivity contribution in [1.82, 2.24) is 0 Å². The first-order valence-electron chi connectivity index (χ1n) is 5.49. The first-order valence-corrected chi connectivity index (χ1v) is 5.49. The molecule has 0 amide bonds. The molecule has 0 spiro atoms. The fourth-order valence-corrected chi connectivity index (χ4v) is 2.29. The number of aliphatic carboxylic acids is 1. The quantitative estimate of drug-likeness (QED) is 0.843. The summed E-state index contributed by atoms with van der Waals surface area (Å²) in [6.07, 6.45) is 4.03. The van der Waals surface area contributed by atoms with Crippen molar-refractivity contribution in [2.45, 2.75) is 13.8 Å². The Morgan fingerprint density at radius 2 is 1.94 bits per heavy atom. The van der Waals surface area contributed by atoms with Gasteiger partial charge in [-0.15, -0.1) is 0 Å². The van der Waals surface area contributed by atoms with Gasteiger partial charge >= 0.3 is 5.97 Å². The monoisotopic (exact) mass is 216 g/mol. The van der Waals surface area contributed by atoms with E-state index in [1.165, 1.54) is 0 Å². The van der Waals surface area contributed by atoms with Crippen molar-refractivity contribution < 1.29 is 9.90 Å². The first kappa shape index (κ1) is 10.9. The van der Waals surface area contributed by atoms with Gasteiger partial charge in [0.25, 0.3) is 0 Å². The molecule has 0 heterocycles. The Morgan fingerprint density at radius 1 is 1.31 bits per heavy atom. The third-order valence-corrected chi connectivity index (χ3v) is 3.47. The predicted octanol–water partition coefficient (Wildman–Crippen LogP) is 3.06. The molecule has 2 nitrogen and oxygen atoms in total. The van der Waals surface area contributed by atoms with Crippen molar-refractivity contribution in [3.05, 3.63) is 42.0 Å². The average molecular weight is 216 g/mol. The minimum atomic E-state index is -0.687. The highest BCUT2D eigenvalue weighted by Gasteiger charge is 2.60. The van der Waals surface area contributed by atoms with Crippen LogP contribution < -0.4 is 0 Å². The zero-order valence-corrected chi connectivity index (χ0v) is 9.55. The second-order valence-corrected chi connectivity index (χ2v) is 4.93. The Kier molecular flexibility index (Phi) is 2.58. The highest BCUT2D eigenvalue weighted by molar-refractivity contribution is 5.76. The van der Waals surface area contributed by atoms with E-state index in [0.717, 1.165) is 5.56 Å². The standard InChI is InChI=1S/C14H16O2/c1-14(2)11(12(14)13(15)16)9-8-10-6-4-3-5-7-10/h3-9,11-12H,1-2H3,(H,15,16)/t11-,12+/m0/s1. The van der Waals surface area contributed by atoms with Crippen LogP contribution in [-0.4, -0.2) is 11.1 Å². The summed E-state index contributed by atoms with van der Waals surface area (Å²) < 4.78 is 0. The van der Waals surface area contributed by atoms with Crippen LogP contribution in [0, 0.1) is 17.3 Å². The number of allylic oxidation sites excluding steroid dienone is 1. The number of hydrogen-bond acceptors (Lipinski definition) is 1. The van der Waals surface area contributed by atoms with Gasteiger partial charge in [0.05, 0.1) is 5.92 Å². The molecule has 1 saturated carbocycles. The fourth-order valence-electron chi connectivity index (χ4n) is 2.29. The van der Waals surface area contributed by atoms with Crippen LogP contribution in [0.5, 0.6) is 0 Å². The van der Waals surface area contributed by atoms with Crippen molar-refractivity contribution in [2.75, 3.05) is 0 Å². The van der Waals surface area contributed by atoms with Crippen molar-refractivity contribution in [3.8, 4) is 0 Å². The molecule has 0 radical (unpaired) electrons. The Bertz CT molecular complexity index is 418. The third kappa shape index (κ3) is 1.87. The van der Waals surface area contributed by atoms with E-state index in [1.807, 2.05) is 56.3 Å². The van der Waals surface area contributed by atoms with Crippen LogP contribution >= 0.6 is 0 Å². The molecule has 2 heteroatoms. The number of benzene rings is 1. The minimum Gasteiger partial charge on any atom is -0.481 e. The molecule has 1 aromatic carbocycles. The number of hydrogen-bond donors (Lipinski definition) is 1.